The largest absolute Gasteiger partial charge is 0.423 e. The van der Waals surface area contributed by atoms with Crippen molar-refractivity contribution in [3.05, 3.63) is 33.5 Å². The Bertz CT molecular complexity index is 452. The highest BCUT2D eigenvalue weighted by Crippen LogP contribution is 2.39. The Hall–Kier alpha value is -1.35. The number of hydrogen-bond acceptors (Lipinski definition) is 3. The molecular weight excluding hydrogens is 196 g/mol. The van der Waals surface area contributed by atoms with Crippen LogP contribution in [0.2, 0.25) is 0 Å². The molecule has 0 unspecified atom stereocenters. The first-order valence-electron chi connectivity index (χ1n) is 4.32. The SMILES string of the molecule is C=C1OC(=O)c2c(/C=C/C)sc(C)c21. The summed E-state index contributed by atoms with van der Waals surface area (Å²) in [5.74, 6) is 0.206. The van der Waals surface area contributed by atoms with Crippen molar-refractivity contribution in [1.82, 2.24) is 0 Å². The fourth-order valence-electron chi connectivity index (χ4n) is 1.59. The number of esters is 1. The van der Waals surface area contributed by atoms with Gasteiger partial charge in [0.15, 0.2) is 0 Å². The lowest BCUT2D eigenvalue weighted by Gasteiger charge is -1.94. The second kappa shape index (κ2) is 3.10. The summed E-state index contributed by atoms with van der Waals surface area (Å²) < 4.78 is 4.98. The van der Waals surface area contributed by atoms with Crippen molar-refractivity contribution in [3.63, 3.8) is 0 Å². The number of rotatable bonds is 1. The van der Waals surface area contributed by atoms with Gasteiger partial charge in [-0.1, -0.05) is 12.7 Å². The fraction of sp³-hybridized carbons (Fsp3) is 0.182. The van der Waals surface area contributed by atoms with Crippen molar-refractivity contribution in [2.45, 2.75) is 13.8 Å². The molecule has 0 amide bonds. The minimum Gasteiger partial charge on any atom is -0.423 e. The summed E-state index contributed by atoms with van der Waals surface area (Å²) in [7, 11) is 0. The van der Waals surface area contributed by atoms with E-state index in [1.54, 1.807) is 11.3 Å². The van der Waals surface area contributed by atoms with E-state index in [0.717, 1.165) is 15.3 Å². The van der Waals surface area contributed by atoms with Gasteiger partial charge in [-0.2, -0.15) is 0 Å². The zero-order valence-electron chi connectivity index (χ0n) is 8.09. The Morgan fingerprint density at radius 3 is 2.79 bits per heavy atom. The van der Waals surface area contributed by atoms with Crippen molar-refractivity contribution in [1.29, 1.82) is 0 Å². The summed E-state index contributed by atoms with van der Waals surface area (Å²) in [6.07, 6.45) is 3.84. The number of ether oxygens (including phenoxy) is 1. The molecule has 14 heavy (non-hydrogen) atoms. The number of thiophene rings is 1. The van der Waals surface area contributed by atoms with Crippen LogP contribution in [0.3, 0.4) is 0 Å². The quantitative estimate of drug-likeness (QED) is 0.659. The van der Waals surface area contributed by atoms with Gasteiger partial charge < -0.3 is 4.74 Å². The Morgan fingerprint density at radius 2 is 2.14 bits per heavy atom. The molecule has 0 spiro atoms. The molecule has 0 N–H and O–H groups in total. The summed E-state index contributed by atoms with van der Waals surface area (Å²) in [5, 5.41) is 0. The average molecular weight is 206 g/mol. The van der Waals surface area contributed by atoms with E-state index in [0.29, 0.717) is 11.3 Å². The first-order valence-corrected chi connectivity index (χ1v) is 5.14. The molecule has 0 aliphatic carbocycles. The van der Waals surface area contributed by atoms with E-state index in [2.05, 4.69) is 6.58 Å². The number of hydrogen-bond donors (Lipinski definition) is 0. The van der Waals surface area contributed by atoms with Crippen LogP contribution in [0.25, 0.3) is 11.8 Å². The molecule has 1 aliphatic heterocycles. The summed E-state index contributed by atoms with van der Waals surface area (Å²) in [5.41, 5.74) is 1.56. The Morgan fingerprint density at radius 1 is 1.43 bits per heavy atom. The normalized spacial score (nSPS) is 15.0. The standard InChI is InChI=1S/C11H10O2S/c1-4-5-8-10-9(7(3)14-8)6(2)13-11(10)12/h4-5H,2H2,1,3H3/b5-4+. The molecule has 1 aliphatic rings. The van der Waals surface area contributed by atoms with Crippen LogP contribution in [0.15, 0.2) is 12.7 Å². The molecule has 2 heterocycles. The van der Waals surface area contributed by atoms with Crippen LogP contribution in [0.4, 0.5) is 0 Å². The molecule has 1 aromatic heterocycles. The van der Waals surface area contributed by atoms with Crippen molar-refractivity contribution >= 4 is 29.1 Å². The number of carbonyl (C=O) groups is 1. The molecule has 0 saturated heterocycles. The van der Waals surface area contributed by atoms with Gasteiger partial charge in [-0.25, -0.2) is 4.79 Å². The van der Waals surface area contributed by atoms with Gasteiger partial charge in [0.1, 0.15) is 5.76 Å². The van der Waals surface area contributed by atoms with Crippen molar-refractivity contribution in [3.8, 4) is 0 Å². The van der Waals surface area contributed by atoms with Crippen LogP contribution in [0, 0.1) is 6.92 Å². The lowest BCUT2D eigenvalue weighted by Crippen LogP contribution is -1.93. The molecule has 1 aromatic rings. The van der Waals surface area contributed by atoms with Crippen molar-refractivity contribution < 1.29 is 9.53 Å². The number of cyclic esters (lactones) is 1. The highest BCUT2D eigenvalue weighted by Gasteiger charge is 2.31. The molecule has 3 heteroatoms. The first-order chi connectivity index (χ1) is 6.65. The molecule has 0 fully saturated rings. The second-order valence-corrected chi connectivity index (χ2v) is 4.34. The Balaban J connectivity index is 2.69. The van der Waals surface area contributed by atoms with Crippen molar-refractivity contribution in [2.24, 2.45) is 0 Å². The molecule has 0 radical (unpaired) electrons. The highest BCUT2D eigenvalue weighted by atomic mass is 32.1. The maximum Gasteiger partial charge on any atom is 0.345 e. The molecule has 0 bridgehead atoms. The van der Waals surface area contributed by atoms with Crippen LogP contribution in [0.1, 0.15) is 32.6 Å². The van der Waals surface area contributed by atoms with Crippen LogP contribution in [-0.2, 0) is 4.74 Å². The third kappa shape index (κ3) is 1.13. The Labute approximate surface area is 86.5 Å². The average Bonchev–Trinajstić information content (AvgIpc) is 2.56. The molecule has 2 nitrogen and oxygen atoms in total. The van der Waals surface area contributed by atoms with Gasteiger partial charge >= 0.3 is 5.97 Å². The zero-order chi connectivity index (χ0) is 10.3. The summed E-state index contributed by atoms with van der Waals surface area (Å²) >= 11 is 1.60. The third-order valence-electron chi connectivity index (χ3n) is 2.13. The van der Waals surface area contributed by atoms with Crippen LogP contribution < -0.4 is 0 Å². The lowest BCUT2D eigenvalue weighted by atomic mass is 10.1. The van der Waals surface area contributed by atoms with Gasteiger partial charge in [-0.3, -0.25) is 0 Å². The Kier molecular flexibility index (Phi) is 2.04. The second-order valence-electron chi connectivity index (χ2n) is 3.09. The van der Waals surface area contributed by atoms with E-state index in [9.17, 15) is 4.79 Å². The zero-order valence-corrected chi connectivity index (χ0v) is 8.90. The van der Waals surface area contributed by atoms with E-state index >= 15 is 0 Å². The number of aryl methyl sites for hydroxylation is 1. The molecule has 0 saturated carbocycles. The minimum atomic E-state index is -0.276. The summed E-state index contributed by atoms with van der Waals surface area (Å²) in [6, 6.07) is 0. The van der Waals surface area contributed by atoms with Gasteiger partial charge in [-0.15, -0.1) is 11.3 Å². The predicted molar refractivity (Wildman–Crippen MR) is 58.2 cm³/mol. The fourth-order valence-corrected chi connectivity index (χ4v) is 2.73. The monoisotopic (exact) mass is 206 g/mol. The molecule has 72 valence electrons. The van der Waals surface area contributed by atoms with Gasteiger partial charge in [0.2, 0.25) is 0 Å². The van der Waals surface area contributed by atoms with Crippen molar-refractivity contribution in [2.75, 3.05) is 0 Å². The summed E-state index contributed by atoms with van der Waals surface area (Å²) in [4.78, 5) is 13.5. The lowest BCUT2D eigenvalue weighted by molar-refractivity contribution is 0.0716. The van der Waals surface area contributed by atoms with E-state index in [-0.39, 0.29) is 5.97 Å². The maximum atomic E-state index is 11.5. The van der Waals surface area contributed by atoms with Crippen LogP contribution in [-0.4, -0.2) is 5.97 Å². The van der Waals surface area contributed by atoms with E-state index in [1.165, 1.54) is 0 Å². The molecule has 0 atom stereocenters. The van der Waals surface area contributed by atoms with E-state index < -0.39 is 0 Å². The molecule has 2 rings (SSSR count). The van der Waals surface area contributed by atoms with Gasteiger partial charge in [-0.05, 0) is 19.9 Å². The maximum absolute atomic E-state index is 11.5. The van der Waals surface area contributed by atoms with Gasteiger partial charge in [0.25, 0.3) is 0 Å². The number of allylic oxidation sites excluding steroid dienone is 1. The van der Waals surface area contributed by atoms with Gasteiger partial charge in [0.05, 0.1) is 5.56 Å². The smallest absolute Gasteiger partial charge is 0.345 e. The molecular formula is C11H10O2S. The summed E-state index contributed by atoms with van der Waals surface area (Å²) in [6.45, 7) is 7.62. The van der Waals surface area contributed by atoms with Crippen LogP contribution >= 0.6 is 11.3 Å². The third-order valence-corrected chi connectivity index (χ3v) is 3.20. The first kappa shape index (κ1) is 9.21. The highest BCUT2D eigenvalue weighted by molar-refractivity contribution is 7.13. The van der Waals surface area contributed by atoms with E-state index in [1.807, 2.05) is 26.0 Å². The topological polar surface area (TPSA) is 26.3 Å². The molecule has 0 aromatic carbocycles. The number of carbonyl (C=O) groups excluding carboxylic acids is 1. The van der Waals surface area contributed by atoms with Gasteiger partial charge in [0, 0.05) is 15.3 Å². The minimum absolute atomic E-state index is 0.276. The van der Waals surface area contributed by atoms with E-state index in [4.69, 9.17) is 4.74 Å². The van der Waals surface area contributed by atoms with Crippen LogP contribution in [0.5, 0.6) is 0 Å². The number of fused-ring (bicyclic) bond motifs is 1. The predicted octanol–water partition coefficient (Wildman–Crippen LogP) is 3.23.